The summed E-state index contributed by atoms with van der Waals surface area (Å²) >= 11 is 0. The summed E-state index contributed by atoms with van der Waals surface area (Å²) in [4.78, 5) is 12.7. The molecule has 6 unspecified atom stereocenters. The zero-order chi connectivity index (χ0) is 43.2. The van der Waals surface area contributed by atoms with E-state index >= 15 is 0 Å². The maximum atomic E-state index is 12.7. The van der Waals surface area contributed by atoms with E-state index in [1.807, 2.05) is 0 Å². The molecule has 1 aliphatic heterocycles. The molecule has 4 N–H and O–H groups in total. The first kappa shape index (κ1) is 54.6. The molecule has 12 nitrogen and oxygen atoms in total. The molecular weight excluding hydrogens is 777 g/mol. The lowest BCUT2D eigenvalue weighted by molar-refractivity contribution is -0.301. The molecule has 0 bridgehead atoms. The second kappa shape index (κ2) is 37.3. The zero-order valence-electron chi connectivity index (χ0n) is 36.0. The van der Waals surface area contributed by atoms with Crippen LogP contribution in [-0.2, 0) is 38.3 Å². The summed E-state index contributed by atoms with van der Waals surface area (Å²) in [7, 11) is -5.06. The molecule has 0 spiro atoms. The van der Waals surface area contributed by atoms with E-state index in [9.17, 15) is 28.5 Å². The van der Waals surface area contributed by atoms with Crippen LogP contribution in [0.25, 0.3) is 0 Å². The summed E-state index contributed by atoms with van der Waals surface area (Å²) in [6.07, 6.45) is 38.2. The summed E-state index contributed by atoms with van der Waals surface area (Å²) in [5.74, 6) is -0.415. The summed E-state index contributed by atoms with van der Waals surface area (Å²) in [6, 6.07) is 0. The van der Waals surface area contributed by atoms with Gasteiger partial charge in [0.05, 0.1) is 19.8 Å². The van der Waals surface area contributed by atoms with Gasteiger partial charge in [0, 0.05) is 13.0 Å². The molecule has 0 aromatic carbocycles. The molecule has 1 heterocycles. The Morgan fingerprint density at radius 2 is 1.17 bits per heavy atom. The highest BCUT2D eigenvalue weighted by Gasteiger charge is 2.48. The quantitative estimate of drug-likeness (QED) is 0.0202. The minimum absolute atomic E-state index is 0.0195. The van der Waals surface area contributed by atoms with Crippen molar-refractivity contribution < 1.29 is 56.2 Å². The van der Waals surface area contributed by atoms with Gasteiger partial charge in [-0.3, -0.25) is 9.35 Å². The van der Waals surface area contributed by atoms with Crippen LogP contribution < -0.4 is 0 Å². The van der Waals surface area contributed by atoms with E-state index in [2.05, 4.69) is 90.9 Å². The van der Waals surface area contributed by atoms with E-state index in [1.165, 1.54) is 25.7 Å². The molecule has 1 rings (SSSR count). The first-order chi connectivity index (χ1) is 28.6. The number of aliphatic hydroxyl groups is 3. The molecule has 0 aliphatic carbocycles. The lowest BCUT2D eigenvalue weighted by atomic mass is 9.99. The number of aliphatic hydroxyl groups excluding tert-OH is 3. The number of esters is 1. The Bertz CT molecular complexity index is 1310. The van der Waals surface area contributed by atoms with Crippen molar-refractivity contribution in [3.63, 3.8) is 0 Å². The Kier molecular flexibility index (Phi) is 34.5. The second-order valence-electron chi connectivity index (χ2n) is 14.9. The lowest BCUT2D eigenvalue weighted by Gasteiger charge is -2.41. The van der Waals surface area contributed by atoms with Crippen LogP contribution in [0.1, 0.15) is 149 Å². The largest absolute Gasteiger partial charge is 0.457 e. The van der Waals surface area contributed by atoms with Gasteiger partial charge in [-0.25, -0.2) is 4.18 Å². The topological polar surface area (TPSA) is 178 Å². The molecule has 0 saturated carbocycles. The minimum Gasteiger partial charge on any atom is -0.457 e. The van der Waals surface area contributed by atoms with Crippen molar-refractivity contribution in [2.24, 2.45) is 0 Å². The van der Waals surface area contributed by atoms with Crippen molar-refractivity contribution in [1.29, 1.82) is 0 Å². The molecule has 6 atom stereocenters. The number of ether oxygens (including phenoxy) is 4. The molecule has 13 heteroatoms. The molecule has 0 aromatic heterocycles. The van der Waals surface area contributed by atoms with Crippen molar-refractivity contribution in [1.82, 2.24) is 0 Å². The van der Waals surface area contributed by atoms with Crippen molar-refractivity contribution in [2.75, 3.05) is 26.4 Å². The van der Waals surface area contributed by atoms with Crippen LogP contribution in [0.2, 0.25) is 0 Å². The number of hydrogen-bond acceptors (Lipinski definition) is 11. The van der Waals surface area contributed by atoms with Gasteiger partial charge < -0.3 is 34.3 Å². The highest BCUT2D eigenvalue weighted by atomic mass is 32.3. The average Bonchev–Trinajstić information content (AvgIpc) is 3.21. The predicted octanol–water partition coefficient (Wildman–Crippen LogP) is 9.13. The first-order valence-electron chi connectivity index (χ1n) is 22.2. The van der Waals surface area contributed by atoms with Gasteiger partial charge in [0.1, 0.15) is 30.5 Å². The average molecular weight is 855 g/mol. The van der Waals surface area contributed by atoms with Gasteiger partial charge in [-0.2, -0.15) is 8.42 Å². The highest BCUT2D eigenvalue weighted by molar-refractivity contribution is 7.80. The van der Waals surface area contributed by atoms with Gasteiger partial charge in [-0.15, -0.1) is 0 Å². The van der Waals surface area contributed by atoms with Crippen molar-refractivity contribution in [2.45, 2.75) is 185 Å². The van der Waals surface area contributed by atoms with E-state index in [-0.39, 0.29) is 19.6 Å². The fourth-order valence-electron chi connectivity index (χ4n) is 6.26. The molecule has 1 aliphatic rings. The van der Waals surface area contributed by atoms with Gasteiger partial charge in [-0.1, -0.05) is 151 Å². The van der Waals surface area contributed by atoms with E-state index in [0.717, 1.165) is 96.3 Å². The zero-order valence-corrected chi connectivity index (χ0v) is 36.8. The summed E-state index contributed by atoms with van der Waals surface area (Å²) < 4.78 is 58.8. The number of carbonyl (C=O) groups is 1. The van der Waals surface area contributed by atoms with Gasteiger partial charge in [-0.05, 0) is 64.2 Å². The molecule has 1 fully saturated rings. The Balaban J connectivity index is 2.37. The second-order valence-corrected chi connectivity index (χ2v) is 16.0. The monoisotopic (exact) mass is 855 g/mol. The predicted molar refractivity (Wildman–Crippen MR) is 234 cm³/mol. The summed E-state index contributed by atoms with van der Waals surface area (Å²) in [6.45, 7) is 3.76. The van der Waals surface area contributed by atoms with E-state index in [0.29, 0.717) is 13.0 Å². The fourth-order valence-corrected chi connectivity index (χ4v) is 6.77. The third-order valence-electron chi connectivity index (χ3n) is 9.59. The Morgan fingerprint density at radius 1 is 0.661 bits per heavy atom. The van der Waals surface area contributed by atoms with Crippen LogP contribution in [0, 0.1) is 0 Å². The van der Waals surface area contributed by atoms with Gasteiger partial charge >= 0.3 is 16.4 Å². The van der Waals surface area contributed by atoms with Gasteiger partial charge in [0.15, 0.2) is 6.29 Å². The van der Waals surface area contributed by atoms with Gasteiger partial charge in [0.25, 0.3) is 0 Å². The first-order valence-corrected chi connectivity index (χ1v) is 23.6. The lowest BCUT2D eigenvalue weighted by Crippen LogP contribution is -2.60. The number of unbranched alkanes of at least 4 members (excludes halogenated alkanes) is 12. The molecule has 0 aromatic rings. The standard InChI is InChI=1S/C46H78O12S/c1-3-5-7-9-11-13-14-15-16-17-18-19-20-21-22-23-24-25-26-27-28-30-32-34-36-54-38-40(56-42(48)35-33-31-29-12-10-8-6-4-2)39-55-46-44(50)45(58-59(51,52)53)43(49)41(37-47)57-46/h5,7,11,13,15-16,18-19,21-22,24-25,40-41,43-47,49-50H,3-4,6,8-10,12,14,17,20,23,26-39H2,1-2H3,(H,51,52,53)/b7-5-,13-11-,16-15-,19-18-,22-21-,25-24-. The smallest absolute Gasteiger partial charge is 0.397 e. The van der Waals surface area contributed by atoms with Crippen LogP contribution >= 0.6 is 0 Å². The number of hydrogen-bond donors (Lipinski definition) is 4. The summed E-state index contributed by atoms with van der Waals surface area (Å²) in [5, 5.41) is 30.6. The third kappa shape index (κ3) is 31.1. The highest BCUT2D eigenvalue weighted by Crippen LogP contribution is 2.26. The number of carbonyl (C=O) groups excluding carboxylic acids is 1. The maximum Gasteiger partial charge on any atom is 0.397 e. The van der Waals surface area contributed by atoms with Crippen LogP contribution in [0.3, 0.4) is 0 Å². The van der Waals surface area contributed by atoms with Gasteiger partial charge in [0.2, 0.25) is 0 Å². The molecule has 340 valence electrons. The van der Waals surface area contributed by atoms with Crippen LogP contribution in [0.4, 0.5) is 0 Å². The van der Waals surface area contributed by atoms with Crippen LogP contribution in [0.15, 0.2) is 72.9 Å². The maximum absolute atomic E-state index is 12.7. The minimum atomic E-state index is -5.06. The van der Waals surface area contributed by atoms with E-state index in [4.69, 9.17) is 23.5 Å². The SMILES string of the molecule is CC/C=C\C/C=C\C/C=C\C/C=C\C/C=C\C/C=C\CCCCCCCOCC(COC1OC(CO)C(O)C(OS(=O)(=O)O)C1O)OC(=O)CCCCCCCCCC. The fraction of sp³-hybridized carbons (Fsp3) is 0.717. The van der Waals surface area contributed by atoms with Crippen molar-refractivity contribution in [3.8, 4) is 0 Å². The van der Waals surface area contributed by atoms with Crippen LogP contribution in [-0.4, -0.2) is 97.5 Å². The van der Waals surface area contributed by atoms with Crippen LogP contribution in [0.5, 0.6) is 0 Å². The Hall–Kier alpha value is -2.46. The van der Waals surface area contributed by atoms with Crippen molar-refractivity contribution in [3.05, 3.63) is 72.9 Å². The molecular formula is C46H78O12S. The number of allylic oxidation sites excluding steroid dienone is 12. The number of rotatable bonds is 37. The molecule has 0 amide bonds. The third-order valence-corrected chi connectivity index (χ3v) is 10.1. The molecule has 0 radical (unpaired) electrons. The molecule has 1 saturated heterocycles. The molecule has 59 heavy (non-hydrogen) atoms. The van der Waals surface area contributed by atoms with E-state index < -0.39 is 59.8 Å². The Morgan fingerprint density at radius 3 is 1.71 bits per heavy atom. The van der Waals surface area contributed by atoms with E-state index in [1.54, 1.807) is 0 Å². The normalized spacial score (nSPS) is 21.1. The van der Waals surface area contributed by atoms with Crippen molar-refractivity contribution >= 4 is 16.4 Å². The Labute approximate surface area is 356 Å². The summed E-state index contributed by atoms with van der Waals surface area (Å²) in [5.41, 5.74) is 0.